The van der Waals surface area contributed by atoms with Gasteiger partial charge in [0.05, 0.1) is 5.97 Å². The number of aromatic carboxylic acids is 1. The minimum atomic E-state index is -1.30. The minimum Gasteiger partial charge on any atom is -0.545 e. The van der Waals surface area contributed by atoms with Crippen LogP contribution in [0, 0.1) is 17.2 Å². The SMILES string of the molecule is C[C@@H]1C[C@@H]1c1ccc(/C=C(\C#N)C(=O)Nc2ccc(C(=O)[O-])cc2)o1. The molecular weight excluding hydrogens is 320 g/mol. The first kappa shape index (κ1) is 16.5. The average Bonchev–Trinajstić information content (AvgIpc) is 3.14. The van der Waals surface area contributed by atoms with Crippen molar-refractivity contribution < 1.29 is 19.1 Å². The van der Waals surface area contributed by atoms with E-state index in [0.717, 1.165) is 12.2 Å². The van der Waals surface area contributed by atoms with E-state index in [9.17, 15) is 20.0 Å². The summed E-state index contributed by atoms with van der Waals surface area (Å²) in [6, 6.07) is 10.9. The Balaban J connectivity index is 1.71. The molecule has 126 valence electrons. The average molecular weight is 335 g/mol. The molecule has 2 atom stereocenters. The van der Waals surface area contributed by atoms with Gasteiger partial charge in [-0.2, -0.15) is 5.26 Å². The van der Waals surface area contributed by atoms with Crippen LogP contribution in [0.25, 0.3) is 6.08 Å². The van der Waals surface area contributed by atoms with Crippen molar-refractivity contribution in [2.45, 2.75) is 19.3 Å². The molecule has 1 aromatic heterocycles. The van der Waals surface area contributed by atoms with Crippen LogP contribution in [0.3, 0.4) is 0 Å². The van der Waals surface area contributed by atoms with Crippen LogP contribution in [0.2, 0.25) is 0 Å². The Morgan fingerprint density at radius 3 is 2.52 bits per heavy atom. The van der Waals surface area contributed by atoms with Crippen LogP contribution in [0.4, 0.5) is 5.69 Å². The lowest BCUT2D eigenvalue weighted by Crippen LogP contribution is -2.22. The van der Waals surface area contributed by atoms with Crippen molar-refractivity contribution in [3.8, 4) is 6.07 Å². The predicted molar refractivity (Wildman–Crippen MR) is 88.2 cm³/mol. The number of carboxylic acids is 1. The number of carboxylic acid groups (broad SMARTS) is 1. The van der Waals surface area contributed by atoms with Gasteiger partial charge in [-0.3, -0.25) is 4.79 Å². The van der Waals surface area contributed by atoms with E-state index in [0.29, 0.717) is 23.3 Å². The number of hydrogen-bond acceptors (Lipinski definition) is 5. The number of anilines is 1. The molecule has 1 amide bonds. The maximum atomic E-state index is 12.2. The molecule has 0 radical (unpaired) electrons. The molecule has 1 fully saturated rings. The van der Waals surface area contributed by atoms with Gasteiger partial charge in [0, 0.05) is 17.7 Å². The normalized spacial score (nSPS) is 19.1. The summed E-state index contributed by atoms with van der Waals surface area (Å²) in [6.45, 7) is 2.14. The van der Waals surface area contributed by atoms with Crippen LogP contribution in [0.1, 0.15) is 41.1 Å². The highest BCUT2D eigenvalue weighted by Crippen LogP contribution is 2.47. The summed E-state index contributed by atoms with van der Waals surface area (Å²) in [7, 11) is 0. The van der Waals surface area contributed by atoms with Crippen molar-refractivity contribution in [1.29, 1.82) is 5.26 Å². The summed E-state index contributed by atoms with van der Waals surface area (Å²) in [5, 5.41) is 22.5. The van der Waals surface area contributed by atoms with Gasteiger partial charge in [0.1, 0.15) is 23.2 Å². The zero-order valence-electron chi connectivity index (χ0n) is 13.5. The van der Waals surface area contributed by atoms with Crippen molar-refractivity contribution >= 4 is 23.6 Å². The van der Waals surface area contributed by atoms with Crippen LogP contribution >= 0.6 is 0 Å². The molecule has 1 aliphatic rings. The lowest BCUT2D eigenvalue weighted by atomic mass is 10.2. The second-order valence-electron chi connectivity index (χ2n) is 6.05. The molecule has 0 bridgehead atoms. The smallest absolute Gasteiger partial charge is 0.266 e. The van der Waals surface area contributed by atoms with E-state index >= 15 is 0 Å². The largest absolute Gasteiger partial charge is 0.545 e. The van der Waals surface area contributed by atoms with Gasteiger partial charge in [0.25, 0.3) is 5.91 Å². The molecule has 1 heterocycles. The molecule has 1 aliphatic carbocycles. The number of benzene rings is 1. The number of hydrogen-bond donors (Lipinski definition) is 1. The number of furan rings is 1. The van der Waals surface area contributed by atoms with Gasteiger partial charge >= 0.3 is 0 Å². The predicted octanol–water partition coefficient (Wildman–Crippen LogP) is 2.31. The molecule has 1 aromatic carbocycles. The maximum Gasteiger partial charge on any atom is 0.266 e. The summed E-state index contributed by atoms with van der Waals surface area (Å²) >= 11 is 0. The van der Waals surface area contributed by atoms with E-state index in [-0.39, 0.29) is 11.1 Å². The number of nitrogens with one attached hydrogen (secondary N) is 1. The highest BCUT2D eigenvalue weighted by molar-refractivity contribution is 6.09. The van der Waals surface area contributed by atoms with E-state index < -0.39 is 11.9 Å². The van der Waals surface area contributed by atoms with Gasteiger partial charge in [-0.25, -0.2) is 0 Å². The zero-order chi connectivity index (χ0) is 18.0. The molecular formula is C19H15N2O4-. The fourth-order valence-corrected chi connectivity index (χ4v) is 2.54. The molecule has 1 N–H and O–H groups in total. The molecule has 1 saturated carbocycles. The molecule has 0 aliphatic heterocycles. The van der Waals surface area contributed by atoms with E-state index in [4.69, 9.17) is 4.42 Å². The standard InChI is InChI=1S/C19H16N2O4/c1-11-8-16(11)17-7-6-15(25-17)9-13(10-20)18(22)21-14-4-2-12(3-5-14)19(23)24/h2-7,9,11,16H,8H2,1H3,(H,21,22)(H,23,24)/p-1/b13-9+/t11-,16+/m1/s1. The first-order valence-corrected chi connectivity index (χ1v) is 7.82. The number of nitrogens with zero attached hydrogens (tertiary/aromatic N) is 1. The number of amides is 1. The molecule has 6 nitrogen and oxygen atoms in total. The third-order valence-corrected chi connectivity index (χ3v) is 4.15. The van der Waals surface area contributed by atoms with Gasteiger partial charge in [0.15, 0.2) is 0 Å². The van der Waals surface area contributed by atoms with Gasteiger partial charge in [-0.05, 0) is 42.2 Å². The van der Waals surface area contributed by atoms with Crippen molar-refractivity contribution in [3.63, 3.8) is 0 Å². The summed E-state index contributed by atoms with van der Waals surface area (Å²) in [5.41, 5.74) is 0.281. The fourth-order valence-electron chi connectivity index (χ4n) is 2.54. The van der Waals surface area contributed by atoms with Gasteiger partial charge in [0.2, 0.25) is 0 Å². The Labute approximate surface area is 144 Å². The first-order chi connectivity index (χ1) is 12.0. The van der Waals surface area contributed by atoms with Gasteiger partial charge in [-0.15, -0.1) is 0 Å². The Bertz CT molecular complexity index is 887. The third kappa shape index (κ3) is 3.78. The Kier molecular flexibility index (Phi) is 4.40. The number of nitriles is 1. The quantitative estimate of drug-likeness (QED) is 0.666. The number of carbonyl (C=O) groups is 2. The highest BCUT2D eigenvalue weighted by atomic mass is 16.4. The summed E-state index contributed by atoms with van der Waals surface area (Å²) in [6.07, 6.45) is 2.48. The Morgan fingerprint density at radius 1 is 1.28 bits per heavy atom. The Morgan fingerprint density at radius 2 is 1.96 bits per heavy atom. The molecule has 25 heavy (non-hydrogen) atoms. The summed E-state index contributed by atoms with van der Waals surface area (Å²) in [4.78, 5) is 22.9. The van der Waals surface area contributed by atoms with Crippen molar-refractivity contribution in [2.75, 3.05) is 5.32 Å². The van der Waals surface area contributed by atoms with Crippen LogP contribution in [0.15, 0.2) is 46.4 Å². The zero-order valence-corrected chi connectivity index (χ0v) is 13.5. The minimum absolute atomic E-state index is 0.00599. The maximum absolute atomic E-state index is 12.2. The molecule has 2 aromatic rings. The van der Waals surface area contributed by atoms with Crippen LogP contribution in [-0.2, 0) is 4.79 Å². The lowest BCUT2D eigenvalue weighted by molar-refractivity contribution is -0.255. The van der Waals surface area contributed by atoms with E-state index in [1.54, 1.807) is 6.07 Å². The van der Waals surface area contributed by atoms with Crippen molar-refractivity contribution in [3.05, 3.63) is 59.1 Å². The summed E-state index contributed by atoms with van der Waals surface area (Å²) in [5.74, 6) is 0.451. The van der Waals surface area contributed by atoms with Crippen molar-refractivity contribution in [1.82, 2.24) is 0 Å². The highest BCUT2D eigenvalue weighted by Gasteiger charge is 2.36. The monoisotopic (exact) mass is 335 g/mol. The van der Waals surface area contributed by atoms with Gasteiger partial charge in [-0.1, -0.05) is 19.1 Å². The second-order valence-corrected chi connectivity index (χ2v) is 6.05. The molecule has 0 spiro atoms. The molecule has 3 rings (SSSR count). The van der Waals surface area contributed by atoms with Crippen molar-refractivity contribution in [2.24, 2.45) is 5.92 Å². The van der Waals surface area contributed by atoms with Crippen LogP contribution in [0.5, 0.6) is 0 Å². The Hall–Kier alpha value is -3.33. The number of carbonyl (C=O) groups excluding carboxylic acids is 2. The van der Waals surface area contributed by atoms with E-state index in [1.807, 2.05) is 12.1 Å². The van der Waals surface area contributed by atoms with Crippen LogP contribution in [-0.4, -0.2) is 11.9 Å². The second kappa shape index (κ2) is 6.65. The fraction of sp³-hybridized carbons (Fsp3) is 0.211. The van der Waals surface area contributed by atoms with E-state index in [2.05, 4.69) is 12.2 Å². The van der Waals surface area contributed by atoms with Crippen LogP contribution < -0.4 is 10.4 Å². The van der Waals surface area contributed by atoms with Gasteiger partial charge < -0.3 is 19.6 Å². The number of rotatable bonds is 5. The first-order valence-electron chi connectivity index (χ1n) is 7.82. The molecule has 0 unspecified atom stereocenters. The summed E-state index contributed by atoms with van der Waals surface area (Å²) < 4.78 is 5.67. The molecule has 6 heteroatoms. The topological polar surface area (TPSA) is 106 Å². The van der Waals surface area contributed by atoms with E-state index in [1.165, 1.54) is 30.3 Å². The lowest BCUT2D eigenvalue weighted by Gasteiger charge is -2.06. The third-order valence-electron chi connectivity index (χ3n) is 4.15. The molecule has 0 saturated heterocycles.